The third kappa shape index (κ3) is 0.916. The Bertz CT molecular complexity index is 429. The summed E-state index contributed by atoms with van der Waals surface area (Å²) in [5.41, 5.74) is 2.56. The minimum absolute atomic E-state index is 0.401. The van der Waals surface area contributed by atoms with Crippen molar-refractivity contribution in [3.8, 4) is 5.75 Å². The Morgan fingerprint density at radius 2 is 2.00 bits per heavy atom. The lowest BCUT2D eigenvalue weighted by Gasteiger charge is -1.99. The molecule has 0 spiro atoms. The largest absolute Gasteiger partial charge is 0.506 e. The summed E-state index contributed by atoms with van der Waals surface area (Å²) in [5, 5.41) is 12.2. The van der Waals surface area contributed by atoms with Gasteiger partial charge in [0.05, 0.1) is 0 Å². The molecule has 0 saturated carbocycles. The SMILES string of the molecule is Cc1ccc2c(O)csc2c1C. The van der Waals surface area contributed by atoms with Gasteiger partial charge in [0, 0.05) is 15.5 Å². The van der Waals surface area contributed by atoms with Crippen LogP contribution in [-0.2, 0) is 0 Å². The topological polar surface area (TPSA) is 20.2 Å². The van der Waals surface area contributed by atoms with E-state index in [-0.39, 0.29) is 0 Å². The zero-order valence-corrected chi connectivity index (χ0v) is 7.90. The first-order valence-electron chi connectivity index (χ1n) is 3.86. The predicted molar refractivity (Wildman–Crippen MR) is 53.0 cm³/mol. The molecule has 1 aromatic heterocycles. The Kier molecular flexibility index (Phi) is 1.58. The molecule has 0 bridgehead atoms. The van der Waals surface area contributed by atoms with Gasteiger partial charge in [0.1, 0.15) is 5.75 Å². The fourth-order valence-corrected chi connectivity index (χ4v) is 2.32. The minimum atomic E-state index is 0.401. The molecule has 0 fully saturated rings. The maximum absolute atomic E-state index is 9.44. The molecule has 1 nitrogen and oxygen atoms in total. The summed E-state index contributed by atoms with van der Waals surface area (Å²) in [6, 6.07) is 4.02. The second-order valence-corrected chi connectivity index (χ2v) is 3.88. The summed E-state index contributed by atoms with van der Waals surface area (Å²) >= 11 is 1.60. The number of hydrogen-bond donors (Lipinski definition) is 1. The van der Waals surface area contributed by atoms with Gasteiger partial charge in [-0.25, -0.2) is 0 Å². The van der Waals surface area contributed by atoms with Crippen molar-refractivity contribution in [2.24, 2.45) is 0 Å². The van der Waals surface area contributed by atoms with E-state index < -0.39 is 0 Å². The molecule has 12 heavy (non-hydrogen) atoms. The van der Waals surface area contributed by atoms with E-state index in [4.69, 9.17) is 0 Å². The van der Waals surface area contributed by atoms with E-state index in [9.17, 15) is 5.11 Å². The highest BCUT2D eigenvalue weighted by atomic mass is 32.1. The second-order valence-electron chi connectivity index (χ2n) is 3.01. The van der Waals surface area contributed by atoms with Crippen molar-refractivity contribution in [1.29, 1.82) is 0 Å². The van der Waals surface area contributed by atoms with Gasteiger partial charge in [-0.15, -0.1) is 11.3 Å². The van der Waals surface area contributed by atoms with E-state index in [0.717, 1.165) is 5.39 Å². The van der Waals surface area contributed by atoms with Crippen LogP contribution in [0.5, 0.6) is 5.75 Å². The summed E-state index contributed by atoms with van der Waals surface area (Å²) in [5.74, 6) is 0.401. The van der Waals surface area contributed by atoms with Crippen molar-refractivity contribution in [1.82, 2.24) is 0 Å². The van der Waals surface area contributed by atoms with E-state index in [1.807, 2.05) is 12.1 Å². The van der Waals surface area contributed by atoms with Gasteiger partial charge in [0.25, 0.3) is 0 Å². The summed E-state index contributed by atoms with van der Waals surface area (Å²) < 4.78 is 1.20. The number of aromatic hydroxyl groups is 1. The summed E-state index contributed by atoms with van der Waals surface area (Å²) in [6.07, 6.45) is 0. The summed E-state index contributed by atoms with van der Waals surface area (Å²) in [4.78, 5) is 0. The molecule has 1 N–H and O–H groups in total. The Hall–Kier alpha value is -1.02. The molecule has 1 aromatic carbocycles. The van der Waals surface area contributed by atoms with E-state index in [1.54, 1.807) is 16.7 Å². The van der Waals surface area contributed by atoms with Crippen LogP contribution >= 0.6 is 11.3 Å². The van der Waals surface area contributed by atoms with E-state index in [2.05, 4.69) is 13.8 Å². The van der Waals surface area contributed by atoms with Crippen molar-refractivity contribution in [3.63, 3.8) is 0 Å². The van der Waals surface area contributed by atoms with E-state index in [0.29, 0.717) is 5.75 Å². The fraction of sp³-hybridized carbons (Fsp3) is 0.200. The summed E-state index contributed by atoms with van der Waals surface area (Å²) in [6.45, 7) is 4.18. The first-order chi connectivity index (χ1) is 5.70. The van der Waals surface area contributed by atoms with Gasteiger partial charge in [0.2, 0.25) is 0 Å². The van der Waals surface area contributed by atoms with Crippen LogP contribution in [-0.4, -0.2) is 5.11 Å². The molecule has 1 heterocycles. The van der Waals surface area contributed by atoms with E-state index in [1.165, 1.54) is 15.8 Å². The quantitative estimate of drug-likeness (QED) is 0.656. The van der Waals surface area contributed by atoms with Gasteiger partial charge in [-0.1, -0.05) is 6.07 Å². The predicted octanol–water partition coefficient (Wildman–Crippen LogP) is 3.22. The van der Waals surface area contributed by atoms with Crippen molar-refractivity contribution < 1.29 is 5.11 Å². The van der Waals surface area contributed by atoms with Crippen LogP contribution in [0.15, 0.2) is 17.5 Å². The molecule has 0 aliphatic carbocycles. The first-order valence-corrected chi connectivity index (χ1v) is 4.74. The van der Waals surface area contributed by atoms with Gasteiger partial charge in [-0.2, -0.15) is 0 Å². The maximum Gasteiger partial charge on any atom is 0.134 e. The molecule has 2 rings (SSSR count). The lowest BCUT2D eigenvalue weighted by molar-refractivity contribution is 0.483. The molecule has 0 aliphatic heterocycles. The molecule has 2 heteroatoms. The average molecular weight is 178 g/mol. The molecule has 0 radical (unpaired) electrons. The van der Waals surface area contributed by atoms with Crippen molar-refractivity contribution in [2.45, 2.75) is 13.8 Å². The van der Waals surface area contributed by atoms with Crippen LogP contribution in [0.4, 0.5) is 0 Å². The molecule has 0 saturated heterocycles. The first kappa shape index (κ1) is 7.62. The van der Waals surface area contributed by atoms with Gasteiger partial charge >= 0.3 is 0 Å². The van der Waals surface area contributed by atoms with Gasteiger partial charge in [-0.05, 0) is 31.0 Å². The highest BCUT2D eigenvalue weighted by Gasteiger charge is 2.05. The normalized spacial score (nSPS) is 10.8. The third-order valence-electron chi connectivity index (χ3n) is 2.24. The maximum atomic E-state index is 9.44. The highest BCUT2D eigenvalue weighted by molar-refractivity contribution is 7.17. The van der Waals surface area contributed by atoms with Crippen LogP contribution in [0, 0.1) is 13.8 Å². The number of benzene rings is 1. The van der Waals surface area contributed by atoms with Gasteiger partial charge in [-0.3, -0.25) is 0 Å². The molecule has 0 aliphatic rings. The molecule has 0 amide bonds. The van der Waals surface area contributed by atoms with Crippen LogP contribution < -0.4 is 0 Å². The monoisotopic (exact) mass is 178 g/mol. The number of aryl methyl sites for hydroxylation is 2. The van der Waals surface area contributed by atoms with Crippen molar-refractivity contribution in [3.05, 3.63) is 28.6 Å². The Balaban J connectivity index is 2.93. The molecular weight excluding hydrogens is 168 g/mol. The third-order valence-corrected chi connectivity index (χ3v) is 3.34. The Morgan fingerprint density at radius 1 is 1.25 bits per heavy atom. The lowest BCUT2D eigenvalue weighted by Crippen LogP contribution is -1.78. The molecule has 62 valence electrons. The van der Waals surface area contributed by atoms with Gasteiger partial charge in [0.15, 0.2) is 0 Å². The standard InChI is InChI=1S/C10H10OS/c1-6-3-4-8-9(11)5-12-10(8)7(6)2/h3-5,11H,1-2H3. The average Bonchev–Trinajstić information content (AvgIpc) is 2.41. The Morgan fingerprint density at radius 3 is 2.75 bits per heavy atom. The van der Waals surface area contributed by atoms with Crippen LogP contribution in [0.2, 0.25) is 0 Å². The molecule has 0 atom stereocenters. The number of hydrogen-bond acceptors (Lipinski definition) is 2. The van der Waals surface area contributed by atoms with Crippen LogP contribution in [0.25, 0.3) is 10.1 Å². The molecule has 0 unspecified atom stereocenters. The lowest BCUT2D eigenvalue weighted by atomic mass is 10.1. The summed E-state index contributed by atoms with van der Waals surface area (Å²) in [7, 11) is 0. The molecule has 2 aromatic rings. The smallest absolute Gasteiger partial charge is 0.134 e. The molecular formula is C10H10OS. The van der Waals surface area contributed by atoms with Crippen LogP contribution in [0.3, 0.4) is 0 Å². The second kappa shape index (κ2) is 2.49. The Labute approximate surface area is 75.3 Å². The van der Waals surface area contributed by atoms with Crippen LogP contribution in [0.1, 0.15) is 11.1 Å². The number of rotatable bonds is 0. The fourth-order valence-electron chi connectivity index (χ4n) is 1.32. The highest BCUT2D eigenvalue weighted by Crippen LogP contribution is 2.34. The van der Waals surface area contributed by atoms with E-state index >= 15 is 0 Å². The van der Waals surface area contributed by atoms with Crippen molar-refractivity contribution in [2.75, 3.05) is 0 Å². The zero-order valence-electron chi connectivity index (χ0n) is 7.09. The number of thiophene rings is 1. The van der Waals surface area contributed by atoms with Gasteiger partial charge < -0.3 is 5.11 Å². The number of fused-ring (bicyclic) bond motifs is 1. The zero-order chi connectivity index (χ0) is 8.72. The minimum Gasteiger partial charge on any atom is -0.506 e. The van der Waals surface area contributed by atoms with Crippen molar-refractivity contribution >= 4 is 21.4 Å².